The van der Waals surface area contributed by atoms with Gasteiger partial charge in [0.1, 0.15) is 0 Å². The summed E-state index contributed by atoms with van der Waals surface area (Å²) < 4.78 is 0.904. The minimum Gasteiger partial charge on any atom is -0.394 e. The summed E-state index contributed by atoms with van der Waals surface area (Å²) >= 11 is 9.16. The molecule has 1 rings (SSSR count). The molecule has 0 fully saturated rings. The van der Waals surface area contributed by atoms with E-state index in [1.54, 1.807) is 12.1 Å². The minimum atomic E-state index is -0.398. The van der Waals surface area contributed by atoms with Crippen molar-refractivity contribution in [3.63, 3.8) is 0 Å². The maximum absolute atomic E-state index is 8.79. The Morgan fingerprint density at radius 2 is 2.15 bits per heavy atom. The van der Waals surface area contributed by atoms with Crippen molar-refractivity contribution in [1.82, 2.24) is 0 Å². The number of hydrogen-bond acceptors (Lipinski definition) is 2. The summed E-state index contributed by atoms with van der Waals surface area (Å²) in [4.78, 5) is 0. The Balaban J connectivity index is 0.00000144. The number of halogens is 3. The second-order valence-electron chi connectivity index (χ2n) is 2.45. The first-order valence-electron chi connectivity index (χ1n) is 3.46. The number of aliphatic hydroxyl groups excluding tert-OH is 1. The summed E-state index contributed by atoms with van der Waals surface area (Å²) in [5.41, 5.74) is 6.36. The predicted molar refractivity (Wildman–Crippen MR) is 60.4 cm³/mol. The van der Waals surface area contributed by atoms with Crippen LogP contribution in [0.3, 0.4) is 0 Å². The fraction of sp³-hybridized carbons (Fsp3) is 0.250. The summed E-state index contributed by atoms with van der Waals surface area (Å²) in [6.45, 7) is -0.0959. The van der Waals surface area contributed by atoms with Crippen LogP contribution in [0.4, 0.5) is 0 Å². The Morgan fingerprint density at radius 1 is 1.54 bits per heavy atom. The van der Waals surface area contributed by atoms with Crippen molar-refractivity contribution in [1.29, 1.82) is 0 Å². The van der Waals surface area contributed by atoms with E-state index in [0.717, 1.165) is 10.0 Å². The molecule has 0 saturated heterocycles. The van der Waals surface area contributed by atoms with Gasteiger partial charge in [0.2, 0.25) is 0 Å². The molecule has 0 bridgehead atoms. The van der Waals surface area contributed by atoms with E-state index in [2.05, 4.69) is 15.9 Å². The zero-order valence-electron chi connectivity index (χ0n) is 6.71. The van der Waals surface area contributed by atoms with Gasteiger partial charge in [0.05, 0.1) is 12.6 Å². The third-order valence-electron chi connectivity index (χ3n) is 1.56. The highest BCUT2D eigenvalue weighted by Crippen LogP contribution is 2.24. The molecule has 1 aromatic carbocycles. The summed E-state index contributed by atoms with van der Waals surface area (Å²) in [5, 5.41) is 9.36. The Hall–Kier alpha value is 0.200. The molecule has 0 aliphatic carbocycles. The first-order valence-corrected chi connectivity index (χ1v) is 4.63. The van der Waals surface area contributed by atoms with Gasteiger partial charge < -0.3 is 10.8 Å². The maximum Gasteiger partial charge on any atom is 0.0624 e. The van der Waals surface area contributed by atoms with E-state index in [-0.39, 0.29) is 19.0 Å². The van der Waals surface area contributed by atoms with Crippen LogP contribution in [0.1, 0.15) is 11.6 Å². The van der Waals surface area contributed by atoms with E-state index in [4.69, 9.17) is 22.4 Å². The number of aliphatic hydroxyl groups is 1. The lowest BCUT2D eigenvalue weighted by atomic mass is 10.1. The molecule has 0 spiro atoms. The van der Waals surface area contributed by atoms with Crippen molar-refractivity contribution in [2.24, 2.45) is 5.73 Å². The fourth-order valence-electron chi connectivity index (χ4n) is 0.901. The molecule has 13 heavy (non-hydrogen) atoms. The second kappa shape index (κ2) is 5.83. The zero-order chi connectivity index (χ0) is 9.14. The van der Waals surface area contributed by atoms with Gasteiger partial charge in [-0.3, -0.25) is 0 Å². The highest BCUT2D eigenvalue weighted by Gasteiger charge is 2.08. The third-order valence-corrected chi connectivity index (χ3v) is 2.38. The van der Waals surface area contributed by atoms with Crippen LogP contribution in [-0.4, -0.2) is 11.7 Å². The fourth-order valence-corrected chi connectivity index (χ4v) is 1.71. The molecule has 1 unspecified atom stereocenters. The summed E-state index contributed by atoms with van der Waals surface area (Å²) in [6.07, 6.45) is 0. The molecular formula is C8H10BrCl2NO. The number of hydrogen-bond donors (Lipinski definition) is 2. The average molecular weight is 287 g/mol. The number of nitrogens with two attached hydrogens (primary N) is 1. The van der Waals surface area contributed by atoms with Crippen LogP contribution >= 0.6 is 39.9 Å². The Kier molecular flexibility index (Phi) is 5.92. The van der Waals surface area contributed by atoms with Crippen LogP contribution in [0.5, 0.6) is 0 Å². The first kappa shape index (κ1) is 13.2. The van der Waals surface area contributed by atoms with Crippen LogP contribution < -0.4 is 5.73 Å². The molecule has 0 amide bonds. The van der Waals surface area contributed by atoms with Crippen molar-refractivity contribution in [3.05, 3.63) is 33.3 Å². The normalized spacial score (nSPS) is 12.0. The standard InChI is InChI=1S/C8H9BrClNO.ClH/c9-5-1-2-6(7(10)3-5)8(11)4-12;/h1-3,8,12H,4,11H2;1H. The van der Waals surface area contributed by atoms with Gasteiger partial charge in [-0.15, -0.1) is 12.4 Å². The van der Waals surface area contributed by atoms with E-state index in [1.807, 2.05) is 6.07 Å². The van der Waals surface area contributed by atoms with Crippen LogP contribution in [0.25, 0.3) is 0 Å². The molecule has 0 heterocycles. The van der Waals surface area contributed by atoms with Gasteiger partial charge in [-0.05, 0) is 17.7 Å². The van der Waals surface area contributed by atoms with E-state index in [1.165, 1.54) is 0 Å². The molecule has 0 saturated carbocycles. The summed E-state index contributed by atoms with van der Waals surface area (Å²) in [6, 6.07) is 5.00. The van der Waals surface area contributed by atoms with Gasteiger partial charge in [-0.25, -0.2) is 0 Å². The summed E-state index contributed by atoms with van der Waals surface area (Å²) in [5.74, 6) is 0. The molecule has 0 aliphatic heterocycles. The van der Waals surface area contributed by atoms with Crippen LogP contribution in [-0.2, 0) is 0 Å². The van der Waals surface area contributed by atoms with Crippen LogP contribution in [0.15, 0.2) is 22.7 Å². The Morgan fingerprint density at radius 3 is 2.62 bits per heavy atom. The summed E-state index contributed by atoms with van der Waals surface area (Å²) in [7, 11) is 0. The lowest BCUT2D eigenvalue weighted by Gasteiger charge is -2.10. The van der Waals surface area contributed by atoms with Crippen molar-refractivity contribution in [2.45, 2.75) is 6.04 Å². The molecule has 1 atom stereocenters. The van der Waals surface area contributed by atoms with E-state index in [0.29, 0.717) is 5.02 Å². The van der Waals surface area contributed by atoms with Gasteiger partial charge in [0.15, 0.2) is 0 Å². The lowest BCUT2D eigenvalue weighted by Crippen LogP contribution is -2.14. The average Bonchev–Trinajstić information content (AvgIpc) is 2.03. The maximum atomic E-state index is 8.79. The molecule has 2 nitrogen and oxygen atoms in total. The molecule has 5 heteroatoms. The first-order chi connectivity index (χ1) is 5.65. The largest absolute Gasteiger partial charge is 0.394 e. The quantitative estimate of drug-likeness (QED) is 0.878. The Bertz CT molecular complexity index is 283. The van der Waals surface area contributed by atoms with Crippen molar-refractivity contribution in [2.75, 3.05) is 6.61 Å². The molecule has 74 valence electrons. The third kappa shape index (κ3) is 3.44. The van der Waals surface area contributed by atoms with Crippen LogP contribution in [0.2, 0.25) is 5.02 Å². The zero-order valence-corrected chi connectivity index (χ0v) is 9.86. The van der Waals surface area contributed by atoms with Gasteiger partial charge in [0, 0.05) is 9.50 Å². The molecular weight excluding hydrogens is 277 g/mol. The van der Waals surface area contributed by atoms with E-state index in [9.17, 15) is 0 Å². The van der Waals surface area contributed by atoms with Crippen molar-refractivity contribution >= 4 is 39.9 Å². The van der Waals surface area contributed by atoms with Gasteiger partial charge in [-0.2, -0.15) is 0 Å². The van der Waals surface area contributed by atoms with Gasteiger partial charge >= 0.3 is 0 Å². The Labute approximate surface area is 96.6 Å². The number of benzene rings is 1. The van der Waals surface area contributed by atoms with Crippen molar-refractivity contribution < 1.29 is 5.11 Å². The SMILES string of the molecule is Cl.NC(CO)c1ccc(Br)cc1Cl. The molecule has 3 N–H and O–H groups in total. The second-order valence-corrected chi connectivity index (χ2v) is 3.78. The van der Waals surface area contributed by atoms with E-state index < -0.39 is 6.04 Å². The topological polar surface area (TPSA) is 46.2 Å². The van der Waals surface area contributed by atoms with E-state index >= 15 is 0 Å². The van der Waals surface area contributed by atoms with Crippen LogP contribution in [0, 0.1) is 0 Å². The predicted octanol–water partition coefficient (Wildman–Crippen LogP) is 2.52. The molecule has 0 aliphatic rings. The van der Waals surface area contributed by atoms with Gasteiger partial charge in [0.25, 0.3) is 0 Å². The monoisotopic (exact) mass is 285 g/mol. The molecule has 1 aromatic rings. The molecule has 0 aromatic heterocycles. The number of rotatable bonds is 2. The minimum absolute atomic E-state index is 0. The van der Waals surface area contributed by atoms with Gasteiger partial charge in [-0.1, -0.05) is 33.6 Å². The lowest BCUT2D eigenvalue weighted by molar-refractivity contribution is 0.268. The highest BCUT2D eigenvalue weighted by atomic mass is 79.9. The highest BCUT2D eigenvalue weighted by molar-refractivity contribution is 9.10. The smallest absolute Gasteiger partial charge is 0.0624 e. The van der Waals surface area contributed by atoms with Crippen molar-refractivity contribution in [3.8, 4) is 0 Å². The molecule has 0 radical (unpaired) electrons.